The van der Waals surface area contributed by atoms with Gasteiger partial charge in [-0.05, 0) is 19.3 Å². The summed E-state index contributed by atoms with van der Waals surface area (Å²) in [6.07, 6.45) is 6.69. The molecule has 0 amide bonds. The molecule has 6 heteroatoms. The number of nitrogens with two attached hydrogens (primary N) is 1. The van der Waals surface area contributed by atoms with Crippen LogP contribution in [0.4, 0.5) is 0 Å². The van der Waals surface area contributed by atoms with E-state index in [1.54, 1.807) is 0 Å². The zero-order valence-electron chi connectivity index (χ0n) is 13.2. The Bertz CT molecular complexity index is 447. The highest BCUT2D eigenvalue weighted by Gasteiger charge is 2.11. The molecule has 0 bridgehead atoms. The van der Waals surface area contributed by atoms with Gasteiger partial charge in [0.25, 0.3) is 0 Å². The number of aromatic nitrogens is 2. The van der Waals surface area contributed by atoms with Crippen molar-refractivity contribution in [3.8, 4) is 0 Å². The van der Waals surface area contributed by atoms with Gasteiger partial charge in [-0.1, -0.05) is 31.8 Å². The standard InChI is InChI=1S/C15H27N5O/c1-12(2)14-18-13(21-19-14)8-7-9-17-15(16)20-10-5-3-4-6-11-20/h12H,3-11H2,1-2H3,(H2,16,17). The summed E-state index contributed by atoms with van der Waals surface area (Å²) in [5, 5.41) is 3.96. The van der Waals surface area contributed by atoms with Crippen LogP contribution in [0.1, 0.15) is 63.6 Å². The van der Waals surface area contributed by atoms with E-state index in [4.69, 9.17) is 10.3 Å². The SMILES string of the molecule is CC(C)c1noc(CCCN=C(N)N2CCCCCC2)n1. The molecule has 0 saturated carbocycles. The Hall–Kier alpha value is -1.59. The van der Waals surface area contributed by atoms with Gasteiger partial charge in [-0.3, -0.25) is 4.99 Å². The zero-order valence-corrected chi connectivity index (χ0v) is 13.2. The van der Waals surface area contributed by atoms with E-state index >= 15 is 0 Å². The minimum Gasteiger partial charge on any atom is -0.370 e. The Morgan fingerprint density at radius 2 is 2.00 bits per heavy atom. The second-order valence-corrected chi connectivity index (χ2v) is 5.95. The molecule has 0 aliphatic carbocycles. The zero-order chi connectivity index (χ0) is 15.1. The Kier molecular flexibility index (Phi) is 6.02. The first-order valence-electron chi connectivity index (χ1n) is 8.04. The maximum absolute atomic E-state index is 6.07. The van der Waals surface area contributed by atoms with Crippen molar-refractivity contribution in [3.63, 3.8) is 0 Å². The average Bonchev–Trinajstić information content (AvgIpc) is 2.77. The Labute approximate surface area is 126 Å². The lowest BCUT2D eigenvalue weighted by atomic mass is 10.2. The largest absolute Gasteiger partial charge is 0.370 e. The van der Waals surface area contributed by atoms with Crippen molar-refractivity contribution in [2.45, 2.75) is 58.3 Å². The molecule has 6 nitrogen and oxygen atoms in total. The number of guanidine groups is 1. The fourth-order valence-electron chi connectivity index (χ4n) is 2.43. The number of nitrogens with zero attached hydrogens (tertiary/aromatic N) is 4. The molecule has 1 aromatic rings. The highest BCUT2D eigenvalue weighted by Crippen LogP contribution is 2.11. The number of aryl methyl sites for hydroxylation is 1. The second kappa shape index (κ2) is 8.00. The van der Waals surface area contributed by atoms with Gasteiger partial charge in [0.05, 0.1) is 0 Å². The molecule has 1 aliphatic rings. The van der Waals surface area contributed by atoms with Crippen LogP contribution in [-0.2, 0) is 6.42 Å². The highest BCUT2D eigenvalue weighted by molar-refractivity contribution is 5.78. The molecule has 0 spiro atoms. The van der Waals surface area contributed by atoms with E-state index in [0.717, 1.165) is 31.8 Å². The third-order valence-electron chi connectivity index (χ3n) is 3.75. The van der Waals surface area contributed by atoms with E-state index in [0.29, 0.717) is 24.3 Å². The second-order valence-electron chi connectivity index (χ2n) is 5.95. The van der Waals surface area contributed by atoms with Crippen LogP contribution in [0.15, 0.2) is 9.52 Å². The van der Waals surface area contributed by atoms with E-state index < -0.39 is 0 Å². The molecule has 21 heavy (non-hydrogen) atoms. The van der Waals surface area contributed by atoms with E-state index in [9.17, 15) is 0 Å². The van der Waals surface area contributed by atoms with Crippen LogP contribution in [0.3, 0.4) is 0 Å². The summed E-state index contributed by atoms with van der Waals surface area (Å²) in [5.41, 5.74) is 6.07. The molecular formula is C15H27N5O. The maximum Gasteiger partial charge on any atom is 0.226 e. The fraction of sp³-hybridized carbons (Fsp3) is 0.800. The van der Waals surface area contributed by atoms with Gasteiger partial charge < -0.3 is 15.2 Å². The van der Waals surface area contributed by atoms with Crippen molar-refractivity contribution in [1.82, 2.24) is 15.0 Å². The van der Waals surface area contributed by atoms with Crippen LogP contribution in [0.2, 0.25) is 0 Å². The third-order valence-corrected chi connectivity index (χ3v) is 3.75. The fourth-order valence-corrected chi connectivity index (χ4v) is 2.43. The lowest BCUT2D eigenvalue weighted by molar-refractivity contribution is 0.369. The third kappa shape index (κ3) is 5.02. The van der Waals surface area contributed by atoms with E-state index in [1.807, 2.05) is 0 Å². The number of hydrogen-bond acceptors (Lipinski definition) is 4. The molecule has 1 aromatic heterocycles. The highest BCUT2D eigenvalue weighted by atomic mass is 16.5. The smallest absolute Gasteiger partial charge is 0.226 e. The summed E-state index contributed by atoms with van der Waals surface area (Å²) in [7, 11) is 0. The first-order chi connectivity index (χ1) is 10.2. The number of likely N-dealkylation sites (tertiary alicyclic amines) is 1. The van der Waals surface area contributed by atoms with E-state index in [1.165, 1.54) is 25.7 Å². The lowest BCUT2D eigenvalue weighted by Gasteiger charge is -2.20. The van der Waals surface area contributed by atoms with E-state index in [-0.39, 0.29) is 0 Å². The van der Waals surface area contributed by atoms with Crippen molar-refractivity contribution < 1.29 is 4.52 Å². The Balaban J connectivity index is 1.73. The molecule has 0 atom stereocenters. The molecule has 1 fully saturated rings. The molecule has 118 valence electrons. The summed E-state index contributed by atoms with van der Waals surface area (Å²) >= 11 is 0. The summed E-state index contributed by atoms with van der Waals surface area (Å²) < 4.78 is 5.21. The van der Waals surface area contributed by atoms with Crippen LogP contribution in [-0.4, -0.2) is 40.6 Å². The van der Waals surface area contributed by atoms with Crippen molar-refractivity contribution in [2.75, 3.05) is 19.6 Å². The molecular weight excluding hydrogens is 266 g/mol. The Morgan fingerprint density at radius 1 is 1.29 bits per heavy atom. The van der Waals surface area contributed by atoms with Crippen molar-refractivity contribution >= 4 is 5.96 Å². The van der Waals surface area contributed by atoms with Crippen LogP contribution in [0.25, 0.3) is 0 Å². The van der Waals surface area contributed by atoms with Crippen LogP contribution >= 0.6 is 0 Å². The quantitative estimate of drug-likeness (QED) is 0.512. The van der Waals surface area contributed by atoms with Gasteiger partial charge in [0, 0.05) is 32.0 Å². The summed E-state index contributed by atoms with van der Waals surface area (Å²) in [5.74, 6) is 2.46. The number of aliphatic imine (C=N–C) groups is 1. The van der Waals surface area contributed by atoms with Gasteiger partial charge in [-0.25, -0.2) is 0 Å². The van der Waals surface area contributed by atoms with Crippen molar-refractivity contribution in [2.24, 2.45) is 10.7 Å². The van der Waals surface area contributed by atoms with Gasteiger partial charge in [-0.2, -0.15) is 4.98 Å². The first kappa shape index (κ1) is 15.8. The maximum atomic E-state index is 6.07. The Morgan fingerprint density at radius 3 is 2.62 bits per heavy atom. The van der Waals surface area contributed by atoms with Crippen LogP contribution in [0, 0.1) is 0 Å². The first-order valence-corrected chi connectivity index (χ1v) is 8.04. The number of hydrogen-bond donors (Lipinski definition) is 1. The molecule has 2 heterocycles. The average molecular weight is 293 g/mol. The van der Waals surface area contributed by atoms with Crippen molar-refractivity contribution in [1.29, 1.82) is 0 Å². The molecule has 0 unspecified atom stereocenters. The molecule has 1 aliphatic heterocycles. The molecule has 2 rings (SSSR count). The monoisotopic (exact) mass is 293 g/mol. The normalized spacial score (nSPS) is 17.3. The minimum atomic E-state index is 0.305. The van der Waals surface area contributed by atoms with Crippen molar-refractivity contribution in [3.05, 3.63) is 11.7 Å². The lowest BCUT2D eigenvalue weighted by Crippen LogP contribution is -2.38. The van der Waals surface area contributed by atoms with E-state index in [2.05, 4.69) is 33.9 Å². The molecule has 2 N–H and O–H groups in total. The van der Waals surface area contributed by atoms with Crippen LogP contribution in [0.5, 0.6) is 0 Å². The summed E-state index contributed by atoms with van der Waals surface area (Å²) in [6.45, 7) is 6.90. The summed E-state index contributed by atoms with van der Waals surface area (Å²) in [6, 6.07) is 0. The topological polar surface area (TPSA) is 80.5 Å². The van der Waals surface area contributed by atoms with Gasteiger partial charge in [0.2, 0.25) is 5.89 Å². The van der Waals surface area contributed by atoms with Crippen LogP contribution < -0.4 is 5.73 Å². The van der Waals surface area contributed by atoms with Gasteiger partial charge in [0.15, 0.2) is 11.8 Å². The molecule has 0 aromatic carbocycles. The predicted octanol–water partition coefficient (Wildman–Crippen LogP) is 2.32. The van der Waals surface area contributed by atoms with Gasteiger partial charge in [-0.15, -0.1) is 0 Å². The predicted molar refractivity (Wildman–Crippen MR) is 83.2 cm³/mol. The minimum absolute atomic E-state index is 0.305. The number of rotatable bonds is 5. The van der Waals surface area contributed by atoms with Gasteiger partial charge >= 0.3 is 0 Å². The van der Waals surface area contributed by atoms with Gasteiger partial charge in [0.1, 0.15) is 0 Å². The summed E-state index contributed by atoms with van der Waals surface area (Å²) in [4.78, 5) is 11.0. The molecule has 1 saturated heterocycles. The molecule has 0 radical (unpaired) electrons.